The number of amides is 2. The highest BCUT2D eigenvalue weighted by atomic mass is 79.9. The first kappa shape index (κ1) is 15.1. The van der Waals surface area contributed by atoms with E-state index in [1.165, 1.54) is 0 Å². The molecule has 1 aromatic rings. The number of likely N-dealkylation sites (tertiary alicyclic amines) is 1. The lowest BCUT2D eigenvalue weighted by atomic mass is 10.1. The molecule has 0 aliphatic carbocycles. The molecule has 1 aromatic carbocycles. The summed E-state index contributed by atoms with van der Waals surface area (Å²) in [6.45, 7) is 0.582. The zero-order chi connectivity index (χ0) is 14.7. The van der Waals surface area contributed by atoms with Gasteiger partial charge in [-0.15, -0.1) is 0 Å². The Bertz CT molecular complexity index is 538. The number of nitrogens with zero attached hydrogens (tertiary/aromatic N) is 1. The lowest BCUT2D eigenvalue weighted by molar-refractivity contribution is -0.137. The number of hydrogen-bond acceptors (Lipinski definition) is 2. The number of anilines is 1. The normalized spacial score (nSPS) is 18.1. The number of carboxylic acid groups (broad SMARTS) is 1. The van der Waals surface area contributed by atoms with Crippen LogP contribution in [0.4, 0.5) is 10.5 Å². The summed E-state index contributed by atoms with van der Waals surface area (Å²) in [5.41, 5.74) is 0.618. The summed E-state index contributed by atoms with van der Waals surface area (Å²) >= 11 is 9.18. The monoisotopic (exact) mass is 360 g/mol. The van der Waals surface area contributed by atoms with Gasteiger partial charge in [-0.25, -0.2) is 4.79 Å². The van der Waals surface area contributed by atoms with Gasteiger partial charge in [0.25, 0.3) is 0 Å². The first-order valence-electron chi connectivity index (χ1n) is 6.22. The van der Waals surface area contributed by atoms with Gasteiger partial charge < -0.3 is 15.3 Å². The van der Waals surface area contributed by atoms with Crippen molar-refractivity contribution in [3.05, 3.63) is 27.7 Å². The number of rotatable bonds is 3. The van der Waals surface area contributed by atoms with Crippen LogP contribution in [0.2, 0.25) is 5.02 Å². The maximum Gasteiger partial charge on any atom is 0.322 e. The van der Waals surface area contributed by atoms with Crippen molar-refractivity contribution < 1.29 is 14.7 Å². The Balaban J connectivity index is 2.03. The zero-order valence-corrected chi connectivity index (χ0v) is 12.9. The third-order valence-electron chi connectivity index (χ3n) is 3.22. The van der Waals surface area contributed by atoms with E-state index in [0.29, 0.717) is 21.7 Å². The van der Waals surface area contributed by atoms with Crippen molar-refractivity contribution in [1.29, 1.82) is 0 Å². The Hall–Kier alpha value is -1.27. The molecule has 2 rings (SSSR count). The predicted octanol–water partition coefficient (Wildman–Crippen LogP) is 3.57. The van der Waals surface area contributed by atoms with Gasteiger partial charge >= 0.3 is 12.0 Å². The minimum Gasteiger partial charge on any atom is -0.481 e. The van der Waals surface area contributed by atoms with Crippen LogP contribution in [0.25, 0.3) is 0 Å². The van der Waals surface area contributed by atoms with Crippen LogP contribution in [0.15, 0.2) is 22.7 Å². The fourth-order valence-corrected chi connectivity index (χ4v) is 2.78. The van der Waals surface area contributed by atoms with E-state index in [1.54, 1.807) is 23.1 Å². The Morgan fingerprint density at radius 1 is 1.50 bits per heavy atom. The lowest BCUT2D eigenvalue weighted by Crippen LogP contribution is -2.39. The number of urea groups is 1. The van der Waals surface area contributed by atoms with Crippen LogP contribution in [0.1, 0.15) is 19.3 Å². The predicted molar refractivity (Wildman–Crippen MR) is 80.2 cm³/mol. The molecule has 0 radical (unpaired) electrons. The van der Waals surface area contributed by atoms with Crippen molar-refractivity contribution in [3.8, 4) is 0 Å². The van der Waals surface area contributed by atoms with Gasteiger partial charge in [-0.3, -0.25) is 4.79 Å². The van der Waals surface area contributed by atoms with Crippen LogP contribution in [0, 0.1) is 0 Å². The van der Waals surface area contributed by atoms with Crippen molar-refractivity contribution in [2.45, 2.75) is 25.3 Å². The molecule has 1 atom stereocenters. The summed E-state index contributed by atoms with van der Waals surface area (Å²) in [6.07, 6.45) is 1.54. The molecule has 20 heavy (non-hydrogen) atoms. The Morgan fingerprint density at radius 2 is 2.25 bits per heavy atom. The number of carboxylic acids is 1. The maximum absolute atomic E-state index is 12.2. The lowest BCUT2D eigenvalue weighted by Gasteiger charge is -2.23. The van der Waals surface area contributed by atoms with Crippen molar-refractivity contribution in [2.75, 3.05) is 11.9 Å². The van der Waals surface area contributed by atoms with Gasteiger partial charge in [-0.2, -0.15) is 0 Å². The molecule has 0 spiro atoms. The van der Waals surface area contributed by atoms with Crippen molar-refractivity contribution in [1.82, 2.24) is 4.90 Å². The molecule has 2 N–H and O–H groups in total. The van der Waals surface area contributed by atoms with E-state index < -0.39 is 5.97 Å². The molecule has 0 bridgehead atoms. The summed E-state index contributed by atoms with van der Waals surface area (Å²) in [5, 5.41) is 12.2. The highest BCUT2D eigenvalue weighted by Gasteiger charge is 2.30. The summed E-state index contributed by atoms with van der Waals surface area (Å²) in [6, 6.07) is 4.58. The van der Waals surface area contributed by atoms with Gasteiger partial charge in [0.05, 0.1) is 11.4 Å². The van der Waals surface area contributed by atoms with Crippen molar-refractivity contribution >= 4 is 45.2 Å². The number of halogens is 2. The van der Waals surface area contributed by atoms with Gasteiger partial charge in [-0.1, -0.05) is 11.6 Å². The highest BCUT2D eigenvalue weighted by Crippen LogP contribution is 2.26. The minimum atomic E-state index is -0.885. The summed E-state index contributed by atoms with van der Waals surface area (Å²) in [5.74, 6) is -0.885. The van der Waals surface area contributed by atoms with E-state index in [-0.39, 0.29) is 18.5 Å². The Labute approximate surface area is 130 Å². The number of aliphatic carboxylic acids is 1. The van der Waals surface area contributed by atoms with Crippen molar-refractivity contribution in [2.24, 2.45) is 0 Å². The fraction of sp³-hybridized carbons (Fsp3) is 0.385. The van der Waals surface area contributed by atoms with E-state index in [4.69, 9.17) is 16.7 Å². The molecule has 1 fully saturated rings. The second-order valence-electron chi connectivity index (χ2n) is 4.65. The second-order valence-corrected chi connectivity index (χ2v) is 5.91. The number of nitrogens with one attached hydrogen (secondary N) is 1. The number of benzene rings is 1. The van der Waals surface area contributed by atoms with E-state index in [1.807, 2.05) is 0 Å². The van der Waals surface area contributed by atoms with Crippen LogP contribution in [0.3, 0.4) is 0 Å². The summed E-state index contributed by atoms with van der Waals surface area (Å²) < 4.78 is 0.695. The smallest absolute Gasteiger partial charge is 0.322 e. The maximum atomic E-state index is 12.2. The minimum absolute atomic E-state index is 0.0161. The van der Waals surface area contributed by atoms with Gasteiger partial charge in [-0.05, 0) is 47.0 Å². The average molecular weight is 362 g/mol. The molecule has 1 aliphatic heterocycles. The fourth-order valence-electron chi connectivity index (χ4n) is 2.29. The summed E-state index contributed by atoms with van der Waals surface area (Å²) in [4.78, 5) is 24.5. The molecule has 1 heterocycles. The van der Waals surface area contributed by atoms with E-state index in [2.05, 4.69) is 21.2 Å². The van der Waals surface area contributed by atoms with Gasteiger partial charge in [0, 0.05) is 22.7 Å². The van der Waals surface area contributed by atoms with Gasteiger partial charge in [0.1, 0.15) is 0 Å². The first-order valence-corrected chi connectivity index (χ1v) is 7.39. The summed E-state index contributed by atoms with van der Waals surface area (Å²) in [7, 11) is 0. The molecular formula is C13H14BrClN2O3. The average Bonchev–Trinajstić information content (AvgIpc) is 2.81. The number of hydrogen-bond donors (Lipinski definition) is 2. The third-order valence-corrected chi connectivity index (χ3v) is 4.43. The van der Waals surface area contributed by atoms with Crippen LogP contribution in [0.5, 0.6) is 0 Å². The number of carbonyl (C=O) groups excluding carboxylic acids is 1. The second kappa shape index (κ2) is 6.45. The SMILES string of the molecule is O=C(O)CC1CCCN1C(=O)Nc1ccc(Cl)c(Br)c1. The highest BCUT2D eigenvalue weighted by molar-refractivity contribution is 9.10. The van der Waals surface area contributed by atoms with E-state index >= 15 is 0 Å². The number of carbonyl (C=O) groups is 2. The molecule has 1 saturated heterocycles. The Morgan fingerprint density at radius 3 is 2.90 bits per heavy atom. The zero-order valence-electron chi connectivity index (χ0n) is 10.6. The van der Waals surface area contributed by atoms with Gasteiger partial charge in [0.2, 0.25) is 0 Å². The quantitative estimate of drug-likeness (QED) is 0.864. The molecule has 5 nitrogen and oxygen atoms in total. The van der Waals surface area contributed by atoms with E-state index in [0.717, 1.165) is 12.8 Å². The van der Waals surface area contributed by atoms with Crippen LogP contribution in [-0.2, 0) is 4.79 Å². The van der Waals surface area contributed by atoms with Crippen LogP contribution in [-0.4, -0.2) is 34.6 Å². The topological polar surface area (TPSA) is 69.6 Å². The van der Waals surface area contributed by atoms with Gasteiger partial charge in [0.15, 0.2) is 0 Å². The van der Waals surface area contributed by atoms with E-state index in [9.17, 15) is 9.59 Å². The largest absolute Gasteiger partial charge is 0.481 e. The molecule has 0 saturated carbocycles. The third kappa shape index (κ3) is 3.64. The van der Waals surface area contributed by atoms with Crippen molar-refractivity contribution in [3.63, 3.8) is 0 Å². The molecular weight excluding hydrogens is 348 g/mol. The van der Waals surface area contributed by atoms with Crippen LogP contribution < -0.4 is 5.32 Å². The standard InChI is InChI=1S/C13H14BrClN2O3/c14-10-6-8(3-4-11(10)15)16-13(20)17-5-1-2-9(17)7-12(18)19/h3-4,6,9H,1-2,5,7H2,(H,16,20)(H,18,19). The molecule has 7 heteroatoms. The molecule has 108 valence electrons. The molecule has 1 aliphatic rings. The molecule has 1 unspecified atom stereocenters. The Kier molecular flexibility index (Phi) is 4.88. The molecule has 2 amide bonds. The molecule has 0 aromatic heterocycles. The van der Waals surface area contributed by atoms with Crippen LogP contribution >= 0.6 is 27.5 Å². The first-order chi connectivity index (χ1) is 9.47.